The number of nitrogens with zero attached hydrogens (tertiary/aromatic N) is 1. The van der Waals surface area contributed by atoms with Gasteiger partial charge in [-0.2, -0.15) is 0 Å². The summed E-state index contributed by atoms with van der Waals surface area (Å²) in [4.78, 5) is 38.9. The first-order valence-corrected chi connectivity index (χ1v) is 13.8. The number of carbonyl (C=O) groups excluding carboxylic acids is 2. The van der Waals surface area contributed by atoms with E-state index < -0.39 is 29.9 Å². The monoisotopic (exact) mass is 604 g/mol. The maximum Gasteiger partial charge on any atom is 0.573 e. The molecule has 0 saturated heterocycles. The molecule has 0 aliphatic heterocycles. The summed E-state index contributed by atoms with van der Waals surface area (Å²) in [6, 6.07) is 29.3. The van der Waals surface area contributed by atoms with Crippen LogP contribution in [0.15, 0.2) is 103 Å². The number of carboxylic acid groups (broad SMARTS) is 1. The smallest absolute Gasteiger partial charge is 0.481 e. The number of alkyl halides is 3. The van der Waals surface area contributed by atoms with E-state index in [0.29, 0.717) is 16.7 Å². The number of carbonyl (C=O) groups is 3. The molecular formula is C34H31F3N2O5. The molecule has 10 heteroatoms. The Balaban J connectivity index is 1.67. The van der Waals surface area contributed by atoms with Crippen LogP contribution in [0.2, 0.25) is 0 Å². The molecule has 0 atom stereocenters. The van der Waals surface area contributed by atoms with Gasteiger partial charge in [0.05, 0.1) is 6.42 Å². The van der Waals surface area contributed by atoms with Gasteiger partial charge in [-0.05, 0) is 53.4 Å². The average molecular weight is 605 g/mol. The Morgan fingerprint density at radius 3 is 2.07 bits per heavy atom. The van der Waals surface area contributed by atoms with Gasteiger partial charge in [0.25, 0.3) is 11.8 Å². The zero-order valence-corrected chi connectivity index (χ0v) is 23.9. The van der Waals surface area contributed by atoms with E-state index in [1.807, 2.05) is 60.7 Å². The van der Waals surface area contributed by atoms with Crippen LogP contribution < -0.4 is 10.1 Å². The largest absolute Gasteiger partial charge is 0.573 e. The van der Waals surface area contributed by atoms with Crippen molar-refractivity contribution in [1.29, 1.82) is 0 Å². The third-order valence-electron chi connectivity index (χ3n) is 6.94. The summed E-state index contributed by atoms with van der Waals surface area (Å²) in [6.07, 6.45) is -5.12. The summed E-state index contributed by atoms with van der Waals surface area (Å²) < 4.78 is 42.8. The highest BCUT2D eigenvalue weighted by molar-refractivity contribution is 5.96. The van der Waals surface area contributed by atoms with Crippen molar-refractivity contribution in [3.8, 4) is 5.75 Å². The molecule has 0 aliphatic rings. The lowest BCUT2D eigenvalue weighted by atomic mass is 9.90. The van der Waals surface area contributed by atoms with E-state index in [2.05, 4.69) is 10.1 Å². The molecular weight excluding hydrogens is 573 g/mol. The number of benzene rings is 4. The normalized spacial score (nSPS) is 11.2. The highest BCUT2D eigenvalue weighted by Gasteiger charge is 2.31. The molecule has 4 aromatic rings. The maximum atomic E-state index is 14.0. The van der Waals surface area contributed by atoms with Crippen LogP contribution in [0, 0.1) is 6.92 Å². The number of aliphatic carboxylic acids is 1. The topological polar surface area (TPSA) is 95.9 Å². The SMILES string of the molecule is Cc1cc(CN(CC(c2ccccc2)c2ccccc2)C(=O)c2cccc(OC(F)(F)F)c2)ccc1C(=O)NCCC(=O)O. The quantitative estimate of drug-likeness (QED) is 0.191. The molecule has 0 heterocycles. The van der Waals surface area contributed by atoms with Crippen LogP contribution >= 0.6 is 0 Å². The predicted octanol–water partition coefficient (Wildman–Crippen LogP) is 6.57. The highest BCUT2D eigenvalue weighted by atomic mass is 19.4. The van der Waals surface area contributed by atoms with Crippen molar-refractivity contribution in [2.24, 2.45) is 0 Å². The predicted molar refractivity (Wildman–Crippen MR) is 158 cm³/mol. The van der Waals surface area contributed by atoms with Crippen molar-refractivity contribution >= 4 is 17.8 Å². The molecule has 0 spiro atoms. The Bertz CT molecular complexity index is 1550. The van der Waals surface area contributed by atoms with Crippen molar-refractivity contribution in [3.63, 3.8) is 0 Å². The van der Waals surface area contributed by atoms with Gasteiger partial charge in [0.15, 0.2) is 0 Å². The summed E-state index contributed by atoms with van der Waals surface area (Å²) in [5.41, 5.74) is 3.61. The minimum Gasteiger partial charge on any atom is -0.481 e. The lowest BCUT2D eigenvalue weighted by molar-refractivity contribution is -0.274. The molecule has 7 nitrogen and oxygen atoms in total. The minimum atomic E-state index is -4.91. The number of rotatable bonds is 12. The molecule has 0 aromatic heterocycles. The van der Waals surface area contributed by atoms with E-state index >= 15 is 0 Å². The summed E-state index contributed by atoms with van der Waals surface area (Å²) in [6.45, 7) is 2.01. The summed E-state index contributed by atoms with van der Waals surface area (Å²) >= 11 is 0. The maximum absolute atomic E-state index is 14.0. The van der Waals surface area contributed by atoms with Gasteiger partial charge in [0.1, 0.15) is 5.75 Å². The van der Waals surface area contributed by atoms with Crippen molar-refractivity contribution in [2.75, 3.05) is 13.1 Å². The average Bonchev–Trinajstić information content (AvgIpc) is 2.99. The third kappa shape index (κ3) is 8.94. The molecule has 0 radical (unpaired) electrons. The molecule has 44 heavy (non-hydrogen) atoms. The number of halogens is 3. The standard InChI is InChI=1S/C34H31F3N2O5/c1-23-19-24(15-16-29(23)32(42)38-18-17-31(40)41)21-39(33(43)27-13-8-14-28(20-27)44-34(35,36)37)22-30(25-9-4-2-5-10-25)26-11-6-3-7-12-26/h2-16,19-20,30H,17-18,21-22H2,1H3,(H,38,42)(H,40,41). The van der Waals surface area contributed by atoms with Gasteiger partial charge >= 0.3 is 12.3 Å². The Labute approximate surface area is 252 Å². The van der Waals surface area contributed by atoms with Crippen LogP contribution in [0.25, 0.3) is 0 Å². The van der Waals surface area contributed by atoms with Gasteiger partial charge in [-0.25, -0.2) is 0 Å². The van der Waals surface area contributed by atoms with Crippen molar-refractivity contribution in [2.45, 2.75) is 32.2 Å². The second kappa shape index (κ2) is 14.4. The number of ether oxygens (including phenoxy) is 1. The fourth-order valence-corrected chi connectivity index (χ4v) is 4.90. The zero-order valence-electron chi connectivity index (χ0n) is 23.9. The minimum absolute atomic E-state index is 0.0187. The summed E-state index contributed by atoms with van der Waals surface area (Å²) in [5.74, 6) is -2.70. The van der Waals surface area contributed by atoms with Crippen molar-refractivity contribution in [3.05, 3.63) is 137 Å². The first kappa shape index (κ1) is 31.8. The van der Waals surface area contributed by atoms with Gasteiger partial charge in [0.2, 0.25) is 0 Å². The summed E-state index contributed by atoms with van der Waals surface area (Å²) in [5, 5.41) is 11.4. The fraction of sp³-hybridized carbons (Fsp3) is 0.206. The van der Waals surface area contributed by atoms with Crippen molar-refractivity contribution < 1.29 is 37.4 Å². The number of hydrogen-bond donors (Lipinski definition) is 2. The van der Waals surface area contributed by atoms with Crippen LogP contribution in [0.5, 0.6) is 5.75 Å². The number of nitrogens with one attached hydrogen (secondary N) is 1. The van der Waals surface area contributed by atoms with E-state index in [1.165, 1.54) is 12.1 Å². The molecule has 0 unspecified atom stereocenters. The Hall–Kier alpha value is -5.12. The van der Waals surface area contributed by atoms with Crippen LogP contribution in [0.4, 0.5) is 13.2 Å². The Kier molecular flexibility index (Phi) is 10.4. The molecule has 0 aliphatic carbocycles. The molecule has 0 bridgehead atoms. The molecule has 2 N–H and O–H groups in total. The van der Waals surface area contributed by atoms with E-state index in [1.54, 1.807) is 30.0 Å². The number of carboxylic acids is 1. The number of amides is 2. The van der Waals surface area contributed by atoms with E-state index in [4.69, 9.17) is 5.11 Å². The van der Waals surface area contributed by atoms with Gasteiger partial charge < -0.3 is 20.1 Å². The van der Waals surface area contributed by atoms with Gasteiger partial charge in [-0.15, -0.1) is 13.2 Å². The van der Waals surface area contributed by atoms with Crippen LogP contribution in [-0.2, 0) is 11.3 Å². The second-order valence-electron chi connectivity index (χ2n) is 10.2. The molecule has 4 aromatic carbocycles. The van der Waals surface area contributed by atoms with Crippen LogP contribution in [-0.4, -0.2) is 47.2 Å². The van der Waals surface area contributed by atoms with Gasteiger partial charge in [-0.1, -0.05) is 78.9 Å². The van der Waals surface area contributed by atoms with Crippen molar-refractivity contribution in [1.82, 2.24) is 10.2 Å². The number of aryl methyl sites for hydroxylation is 1. The molecule has 0 fully saturated rings. The van der Waals surface area contributed by atoms with Gasteiger partial charge in [-0.3, -0.25) is 14.4 Å². The van der Waals surface area contributed by atoms with E-state index in [-0.39, 0.29) is 37.5 Å². The first-order valence-electron chi connectivity index (χ1n) is 13.8. The van der Waals surface area contributed by atoms with E-state index in [9.17, 15) is 27.6 Å². The molecule has 228 valence electrons. The molecule has 4 rings (SSSR count). The van der Waals surface area contributed by atoms with Crippen LogP contribution in [0.1, 0.15) is 55.3 Å². The lowest BCUT2D eigenvalue weighted by Gasteiger charge is -2.29. The van der Waals surface area contributed by atoms with Crippen LogP contribution in [0.3, 0.4) is 0 Å². The molecule has 0 saturated carbocycles. The summed E-state index contributed by atoms with van der Waals surface area (Å²) in [7, 11) is 0. The lowest BCUT2D eigenvalue weighted by Crippen LogP contribution is -2.35. The Morgan fingerprint density at radius 1 is 0.864 bits per heavy atom. The number of hydrogen-bond acceptors (Lipinski definition) is 4. The fourth-order valence-electron chi connectivity index (χ4n) is 4.90. The highest BCUT2D eigenvalue weighted by Crippen LogP contribution is 2.29. The van der Waals surface area contributed by atoms with Gasteiger partial charge in [0, 0.05) is 36.7 Å². The second-order valence-corrected chi connectivity index (χ2v) is 10.2. The third-order valence-corrected chi connectivity index (χ3v) is 6.94. The first-order chi connectivity index (χ1) is 21.0. The van der Waals surface area contributed by atoms with E-state index in [0.717, 1.165) is 23.3 Å². The molecule has 2 amide bonds. The zero-order chi connectivity index (χ0) is 31.7. The Morgan fingerprint density at radius 2 is 1.50 bits per heavy atom.